The summed E-state index contributed by atoms with van der Waals surface area (Å²) in [5.74, 6) is 0.355. The van der Waals surface area contributed by atoms with E-state index in [1.165, 1.54) is 14.2 Å². The van der Waals surface area contributed by atoms with Crippen molar-refractivity contribution in [1.29, 1.82) is 0 Å². The smallest absolute Gasteiger partial charge is 0.325 e. The minimum atomic E-state index is -0.833. The second-order valence-corrected chi connectivity index (χ2v) is 4.91. The zero-order valence-corrected chi connectivity index (χ0v) is 12.0. The zero-order valence-electron chi connectivity index (χ0n) is 12.0. The number of aromatic hydroxyl groups is 1. The molecular formula is C14H21NO4. The number of carbonyl (C=O) groups is 1. The van der Waals surface area contributed by atoms with Crippen molar-refractivity contribution in [1.82, 2.24) is 5.32 Å². The average Bonchev–Trinajstić information content (AvgIpc) is 2.36. The summed E-state index contributed by atoms with van der Waals surface area (Å²) in [6.07, 6.45) is 0. The maximum atomic E-state index is 11.6. The second kappa shape index (κ2) is 5.93. The number of esters is 1. The molecule has 0 spiro atoms. The Labute approximate surface area is 113 Å². The van der Waals surface area contributed by atoms with Crippen molar-refractivity contribution in [3.8, 4) is 11.5 Å². The highest BCUT2D eigenvalue weighted by molar-refractivity contribution is 5.79. The zero-order chi connectivity index (χ0) is 14.6. The molecule has 1 aromatic carbocycles. The highest BCUT2D eigenvalue weighted by atomic mass is 16.5. The van der Waals surface area contributed by atoms with Gasteiger partial charge in [-0.2, -0.15) is 0 Å². The van der Waals surface area contributed by atoms with Crippen molar-refractivity contribution in [2.75, 3.05) is 14.2 Å². The van der Waals surface area contributed by atoms with Crippen LogP contribution in [0.5, 0.6) is 11.5 Å². The lowest BCUT2D eigenvalue weighted by Crippen LogP contribution is -2.48. The number of benzene rings is 1. The first kappa shape index (κ1) is 15.3. The van der Waals surface area contributed by atoms with Crippen molar-refractivity contribution in [3.63, 3.8) is 0 Å². The fraction of sp³-hybridized carbons (Fsp3) is 0.500. The van der Waals surface area contributed by atoms with E-state index in [0.717, 1.165) is 0 Å². The summed E-state index contributed by atoms with van der Waals surface area (Å²) < 4.78 is 9.77. The van der Waals surface area contributed by atoms with Gasteiger partial charge in [0.25, 0.3) is 0 Å². The van der Waals surface area contributed by atoms with Crippen LogP contribution in [0.3, 0.4) is 0 Å². The third kappa shape index (κ3) is 3.61. The fourth-order valence-electron chi connectivity index (χ4n) is 1.95. The quantitative estimate of drug-likeness (QED) is 0.799. The van der Waals surface area contributed by atoms with Crippen LogP contribution in [0.15, 0.2) is 18.2 Å². The molecule has 0 radical (unpaired) electrons. The number of hydrogen-bond acceptors (Lipinski definition) is 5. The molecule has 5 nitrogen and oxygen atoms in total. The van der Waals surface area contributed by atoms with Gasteiger partial charge in [0.2, 0.25) is 0 Å². The number of ether oxygens (including phenoxy) is 2. The Morgan fingerprint density at radius 1 is 1.37 bits per heavy atom. The highest BCUT2D eigenvalue weighted by Crippen LogP contribution is 2.29. The largest absolute Gasteiger partial charge is 0.507 e. The molecule has 0 aliphatic carbocycles. The maximum Gasteiger partial charge on any atom is 0.325 e. The number of methoxy groups -OCH3 is 2. The van der Waals surface area contributed by atoms with E-state index < -0.39 is 5.54 Å². The minimum absolute atomic E-state index is 0.125. The summed E-state index contributed by atoms with van der Waals surface area (Å²) in [4.78, 5) is 11.6. The number of carbonyl (C=O) groups excluding carboxylic acids is 1. The number of hydrogen-bond donors (Lipinski definition) is 2. The number of phenols is 1. The topological polar surface area (TPSA) is 67.8 Å². The van der Waals surface area contributed by atoms with Gasteiger partial charge < -0.3 is 14.6 Å². The first-order chi connectivity index (χ1) is 8.81. The number of nitrogens with one attached hydrogen (secondary N) is 1. The molecule has 1 rings (SSSR count). The van der Waals surface area contributed by atoms with E-state index in [1.807, 2.05) is 6.92 Å². The SMILES string of the molecule is COC(=O)C(C)(C)NC(C)c1ccc(OC)cc1O. The molecule has 0 bridgehead atoms. The van der Waals surface area contributed by atoms with Crippen molar-refractivity contribution < 1.29 is 19.4 Å². The van der Waals surface area contributed by atoms with Crippen LogP contribution in [-0.2, 0) is 9.53 Å². The van der Waals surface area contributed by atoms with E-state index in [2.05, 4.69) is 5.32 Å². The summed E-state index contributed by atoms with van der Waals surface area (Å²) in [5.41, 5.74) is -0.140. The molecule has 0 saturated carbocycles. The van der Waals surface area contributed by atoms with Gasteiger partial charge in [0.05, 0.1) is 14.2 Å². The van der Waals surface area contributed by atoms with Gasteiger partial charge in [-0.15, -0.1) is 0 Å². The molecule has 1 atom stereocenters. The third-order valence-electron chi connectivity index (χ3n) is 2.98. The molecular weight excluding hydrogens is 246 g/mol. The van der Waals surface area contributed by atoms with E-state index in [4.69, 9.17) is 9.47 Å². The standard InChI is InChI=1S/C14H21NO4/c1-9(15-14(2,3)13(17)19-5)11-7-6-10(18-4)8-12(11)16/h6-9,15-16H,1-5H3. The molecule has 0 saturated heterocycles. The van der Waals surface area contributed by atoms with E-state index in [-0.39, 0.29) is 17.8 Å². The lowest BCUT2D eigenvalue weighted by atomic mass is 10.0. The minimum Gasteiger partial charge on any atom is -0.507 e. The predicted octanol–water partition coefficient (Wildman–Crippen LogP) is 2.00. The van der Waals surface area contributed by atoms with Crippen LogP contribution in [0.1, 0.15) is 32.4 Å². The Balaban J connectivity index is 2.89. The maximum absolute atomic E-state index is 11.6. The van der Waals surface area contributed by atoms with Gasteiger partial charge in [0.15, 0.2) is 0 Å². The molecule has 106 valence electrons. The Bertz CT molecular complexity index is 457. The fourth-order valence-corrected chi connectivity index (χ4v) is 1.95. The van der Waals surface area contributed by atoms with Crippen LogP contribution in [-0.4, -0.2) is 30.8 Å². The van der Waals surface area contributed by atoms with E-state index in [0.29, 0.717) is 11.3 Å². The van der Waals surface area contributed by atoms with Crippen molar-refractivity contribution >= 4 is 5.97 Å². The van der Waals surface area contributed by atoms with Crippen molar-refractivity contribution in [2.45, 2.75) is 32.4 Å². The lowest BCUT2D eigenvalue weighted by molar-refractivity contribution is -0.147. The van der Waals surface area contributed by atoms with Crippen LogP contribution < -0.4 is 10.1 Å². The van der Waals surface area contributed by atoms with Crippen molar-refractivity contribution in [3.05, 3.63) is 23.8 Å². The van der Waals surface area contributed by atoms with E-state index >= 15 is 0 Å². The number of phenolic OH excluding ortho intramolecular Hbond substituents is 1. The normalized spacial score (nSPS) is 12.9. The lowest BCUT2D eigenvalue weighted by Gasteiger charge is -2.28. The summed E-state index contributed by atoms with van der Waals surface area (Å²) in [5, 5.41) is 13.1. The van der Waals surface area contributed by atoms with Crippen LogP contribution in [0, 0.1) is 0 Å². The van der Waals surface area contributed by atoms with E-state index in [9.17, 15) is 9.90 Å². The predicted molar refractivity (Wildman–Crippen MR) is 72.3 cm³/mol. The molecule has 0 aliphatic heterocycles. The Morgan fingerprint density at radius 3 is 2.47 bits per heavy atom. The highest BCUT2D eigenvalue weighted by Gasteiger charge is 2.30. The summed E-state index contributed by atoms with van der Waals surface area (Å²) in [6.45, 7) is 5.33. The average molecular weight is 267 g/mol. The van der Waals surface area contributed by atoms with Crippen LogP contribution in [0.2, 0.25) is 0 Å². The second-order valence-electron chi connectivity index (χ2n) is 4.91. The van der Waals surface area contributed by atoms with Gasteiger partial charge in [-0.05, 0) is 26.8 Å². The molecule has 2 N–H and O–H groups in total. The van der Waals surface area contributed by atoms with Crippen molar-refractivity contribution in [2.24, 2.45) is 0 Å². The third-order valence-corrected chi connectivity index (χ3v) is 2.98. The van der Waals surface area contributed by atoms with Gasteiger partial charge in [0.1, 0.15) is 17.0 Å². The summed E-state index contributed by atoms with van der Waals surface area (Å²) in [6, 6.07) is 4.86. The molecule has 0 amide bonds. The van der Waals surface area contributed by atoms with Crippen LogP contribution >= 0.6 is 0 Å². The molecule has 1 unspecified atom stereocenters. The molecule has 0 aromatic heterocycles. The molecule has 0 fully saturated rings. The number of rotatable bonds is 5. The van der Waals surface area contributed by atoms with Gasteiger partial charge in [-0.25, -0.2) is 0 Å². The first-order valence-electron chi connectivity index (χ1n) is 6.05. The van der Waals surface area contributed by atoms with Gasteiger partial charge in [-0.3, -0.25) is 10.1 Å². The Kier molecular flexibility index (Phi) is 4.78. The first-order valence-corrected chi connectivity index (χ1v) is 6.05. The van der Waals surface area contributed by atoms with Gasteiger partial charge in [0, 0.05) is 17.7 Å². The van der Waals surface area contributed by atoms with Gasteiger partial charge >= 0.3 is 5.97 Å². The summed E-state index contributed by atoms with van der Waals surface area (Å²) in [7, 11) is 2.89. The molecule has 0 heterocycles. The summed E-state index contributed by atoms with van der Waals surface area (Å²) >= 11 is 0. The van der Waals surface area contributed by atoms with Crippen LogP contribution in [0.4, 0.5) is 0 Å². The Hall–Kier alpha value is -1.75. The molecule has 0 aliphatic rings. The molecule has 5 heteroatoms. The van der Waals surface area contributed by atoms with Crippen LogP contribution in [0.25, 0.3) is 0 Å². The molecule has 19 heavy (non-hydrogen) atoms. The monoisotopic (exact) mass is 267 g/mol. The Morgan fingerprint density at radius 2 is 2.00 bits per heavy atom. The molecule has 1 aromatic rings. The van der Waals surface area contributed by atoms with E-state index in [1.54, 1.807) is 32.0 Å². The van der Waals surface area contributed by atoms with Gasteiger partial charge in [-0.1, -0.05) is 6.07 Å².